The molecule has 2 rings (SSSR count). The van der Waals surface area contributed by atoms with E-state index in [4.69, 9.17) is 4.42 Å². The van der Waals surface area contributed by atoms with Crippen LogP contribution in [-0.2, 0) is 11.2 Å². The second kappa shape index (κ2) is 3.99. The van der Waals surface area contributed by atoms with Crippen LogP contribution in [0, 0.1) is 12.3 Å². The van der Waals surface area contributed by atoms with E-state index < -0.39 is 0 Å². The van der Waals surface area contributed by atoms with E-state index in [2.05, 4.69) is 4.98 Å². The molecule has 3 heteroatoms. The molecule has 0 aliphatic heterocycles. The van der Waals surface area contributed by atoms with Gasteiger partial charge < -0.3 is 4.42 Å². The molecule has 1 aromatic carbocycles. The maximum absolute atomic E-state index is 12.0. The Morgan fingerprint density at radius 2 is 2.06 bits per heavy atom. The highest BCUT2D eigenvalue weighted by Crippen LogP contribution is 2.23. The van der Waals surface area contributed by atoms with Gasteiger partial charge in [-0.25, -0.2) is 4.98 Å². The normalized spacial score (nSPS) is 12.0. The second-order valence-electron chi connectivity index (χ2n) is 5.35. The first-order valence-corrected chi connectivity index (χ1v) is 5.76. The third-order valence-electron chi connectivity index (χ3n) is 2.79. The van der Waals surface area contributed by atoms with Crippen molar-refractivity contribution in [3.8, 4) is 0 Å². The van der Waals surface area contributed by atoms with Crippen molar-refractivity contribution in [2.75, 3.05) is 0 Å². The molecule has 0 fully saturated rings. The molecule has 0 amide bonds. The second-order valence-corrected chi connectivity index (χ2v) is 5.35. The Kier molecular flexibility index (Phi) is 2.77. The van der Waals surface area contributed by atoms with Crippen molar-refractivity contribution in [2.24, 2.45) is 5.41 Å². The van der Waals surface area contributed by atoms with Gasteiger partial charge in [-0.2, -0.15) is 0 Å². The molecule has 0 saturated heterocycles. The van der Waals surface area contributed by atoms with Crippen LogP contribution in [0.1, 0.15) is 32.2 Å². The van der Waals surface area contributed by atoms with E-state index in [-0.39, 0.29) is 11.2 Å². The van der Waals surface area contributed by atoms with Crippen LogP contribution in [0.4, 0.5) is 0 Å². The highest BCUT2D eigenvalue weighted by atomic mass is 16.3. The van der Waals surface area contributed by atoms with Gasteiger partial charge in [0, 0.05) is 24.3 Å². The summed E-state index contributed by atoms with van der Waals surface area (Å²) in [6, 6.07) is 5.74. The van der Waals surface area contributed by atoms with E-state index in [0.29, 0.717) is 12.3 Å². The van der Waals surface area contributed by atoms with Gasteiger partial charge in [0.25, 0.3) is 0 Å². The number of aryl methyl sites for hydroxylation is 1. The quantitative estimate of drug-likeness (QED) is 0.796. The molecule has 1 heterocycles. The summed E-state index contributed by atoms with van der Waals surface area (Å²) >= 11 is 0. The van der Waals surface area contributed by atoms with Gasteiger partial charge >= 0.3 is 0 Å². The van der Waals surface area contributed by atoms with Crippen LogP contribution in [0.5, 0.6) is 0 Å². The van der Waals surface area contributed by atoms with Gasteiger partial charge in [0.1, 0.15) is 11.3 Å². The largest absolute Gasteiger partial charge is 0.441 e. The van der Waals surface area contributed by atoms with Crippen LogP contribution >= 0.6 is 0 Å². The monoisotopic (exact) mass is 231 g/mol. The number of carbonyl (C=O) groups is 1. The fourth-order valence-electron chi connectivity index (χ4n) is 1.69. The number of aromatic nitrogens is 1. The van der Waals surface area contributed by atoms with Gasteiger partial charge in [0.2, 0.25) is 0 Å². The summed E-state index contributed by atoms with van der Waals surface area (Å²) < 4.78 is 5.55. The molecular weight excluding hydrogens is 214 g/mol. The van der Waals surface area contributed by atoms with Gasteiger partial charge in [0.15, 0.2) is 11.5 Å². The zero-order valence-corrected chi connectivity index (χ0v) is 10.7. The number of hydrogen-bond donors (Lipinski definition) is 0. The van der Waals surface area contributed by atoms with Gasteiger partial charge in [-0.05, 0) is 6.07 Å². The molecule has 90 valence electrons. The van der Waals surface area contributed by atoms with Crippen LogP contribution in [0.2, 0.25) is 0 Å². The number of para-hydroxylation sites is 1. The lowest BCUT2D eigenvalue weighted by Crippen LogP contribution is -2.22. The first-order chi connectivity index (χ1) is 7.88. The van der Waals surface area contributed by atoms with E-state index in [1.807, 2.05) is 45.9 Å². The van der Waals surface area contributed by atoms with Crippen LogP contribution in [0.25, 0.3) is 11.1 Å². The number of hydrogen-bond acceptors (Lipinski definition) is 3. The van der Waals surface area contributed by atoms with E-state index in [0.717, 1.165) is 16.7 Å². The molecular formula is C14H17NO2. The van der Waals surface area contributed by atoms with Crippen molar-refractivity contribution in [2.45, 2.75) is 34.1 Å². The average Bonchev–Trinajstić information content (AvgIpc) is 2.58. The Morgan fingerprint density at radius 3 is 2.71 bits per heavy atom. The molecule has 0 atom stereocenters. The number of carbonyl (C=O) groups excluding carboxylic acids is 1. The minimum Gasteiger partial charge on any atom is -0.441 e. The third-order valence-corrected chi connectivity index (χ3v) is 2.79. The summed E-state index contributed by atoms with van der Waals surface area (Å²) in [5.74, 6) is 0.842. The Hall–Kier alpha value is -1.64. The van der Waals surface area contributed by atoms with Gasteiger partial charge in [-0.3, -0.25) is 4.79 Å². The maximum Gasteiger partial charge on any atom is 0.192 e. The third kappa shape index (κ3) is 2.38. The molecule has 3 nitrogen and oxygen atoms in total. The van der Waals surface area contributed by atoms with Crippen molar-refractivity contribution >= 4 is 16.9 Å². The molecule has 0 radical (unpaired) electrons. The predicted molar refractivity (Wildman–Crippen MR) is 66.9 cm³/mol. The Balaban J connectivity index is 2.39. The maximum atomic E-state index is 12.0. The van der Waals surface area contributed by atoms with Gasteiger partial charge in [-0.15, -0.1) is 0 Å². The summed E-state index contributed by atoms with van der Waals surface area (Å²) in [7, 11) is 0. The fraction of sp³-hybridized carbons (Fsp3) is 0.429. The Morgan fingerprint density at radius 1 is 1.35 bits per heavy atom. The molecule has 0 N–H and O–H groups in total. The highest BCUT2D eigenvalue weighted by Gasteiger charge is 2.22. The first kappa shape index (κ1) is 11.8. The Bertz CT molecular complexity index is 561. The van der Waals surface area contributed by atoms with Gasteiger partial charge in [0.05, 0.1) is 0 Å². The first-order valence-electron chi connectivity index (χ1n) is 5.76. The lowest BCUT2D eigenvalue weighted by atomic mass is 9.87. The van der Waals surface area contributed by atoms with Crippen LogP contribution in [-0.4, -0.2) is 10.8 Å². The molecule has 0 saturated carbocycles. The summed E-state index contributed by atoms with van der Waals surface area (Å²) in [6.45, 7) is 7.61. The highest BCUT2D eigenvalue weighted by molar-refractivity contribution is 5.89. The molecule has 1 aromatic heterocycles. The minimum atomic E-state index is -0.322. The average molecular weight is 231 g/mol. The van der Waals surface area contributed by atoms with Crippen molar-refractivity contribution in [1.29, 1.82) is 0 Å². The summed E-state index contributed by atoms with van der Waals surface area (Å²) in [5, 5.41) is 0. The molecule has 0 bridgehead atoms. The van der Waals surface area contributed by atoms with Crippen LogP contribution < -0.4 is 0 Å². The summed E-state index contributed by atoms with van der Waals surface area (Å²) in [5.41, 5.74) is 2.16. The molecule has 0 aliphatic carbocycles. The predicted octanol–water partition coefficient (Wildman–Crippen LogP) is 3.29. The SMILES string of the molecule is Cc1nc2cccc(CC(=O)C(C)(C)C)c2o1. The van der Waals surface area contributed by atoms with Crippen LogP contribution in [0.15, 0.2) is 22.6 Å². The summed E-state index contributed by atoms with van der Waals surface area (Å²) in [4.78, 5) is 16.3. The topological polar surface area (TPSA) is 43.1 Å². The van der Waals surface area contributed by atoms with Crippen LogP contribution in [0.3, 0.4) is 0 Å². The molecule has 0 spiro atoms. The zero-order valence-electron chi connectivity index (χ0n) is 10.7. The van der Waals surface area contributed by atoms with Crippen molar-refractivity contribution in [1.82, 2.24) is 4.98 Å². The number of Topliss-reactive ketones (excluding diaryl/α,β-unsaturated/α-hetero) is 1. The standard InChI is InChI=1S/C14H17NO2/c1-9-15-11-7-5-6-10(13(11)17-9)8-12(16)14(2,3)4/h5-7H,8H2,1-4H3. The van der Waals surface area contributed by atoms with E-state index >= 15 is 0 Å². The van der Waals surface area contributed by atoms with E-state index in [9.17, 15) is 4.79 Å². The van der Waals surface area contributed by atoms with E-state index in [1.165, 1.54) is 0 Å². The summed E-state index contributed by atoms with van der Waals surface area (Å²) in [6.07, 6.45) is 0.398. The van der Waals surface area contributed by atoms with E-state index in [1.54, 1.807) is 0 Å². The number of nitrogens with zero attached hydrogens (tertiary/aromatic N) is 1. The Labute approximate surface area is 101 Å². The fourth-order valence-corrected chi connectivity index (χ4v) is 1.69. The molecule has 0 aliphatic rings. The molecule has 17 heavy (non-hydrogen) atoms. The minimum absolute atomic E-state index is 0.207. The number of rotatable bonds is 2. The number of oxazole rings is 1. The van der Waals surface area contributed by atoms with Crippen molar-refractivity contribution in [3.63, 3.8) is 0 Å². The number of benzene rings is 1. The number of fused-ring (bicyclic) bond motifs is 1. The van der Waals surface area contributed by atoms with Gasteiger partial charge in [-0.1, -0.05) is 32.9 Å². The lowest BCUT2D eigenvalue weighted by Gasteiger charge is -2.16. The zero-order chi connectivity index (χ0) is 12.6. The lowest BCUT2D eigenvalue weighted by molar-refractivity contribution is -0.125. The molecule has 2 aromatic rings. The smallest absolute Gasteiger partial charge is 0.192 e. The molecule has 0 unspecified atom stereocenters. The van der Waals surface area contributed by atoms with Crippen molar-refractivity contribution in [3.05, 3.63) is 29.7 Å². The van der Waals surface area contributed by atoms with Crippen molar-refractivity contribution < 1.29 is 9.21 Å². The number of ketones is 1.